The lowest BCUT2D eigenvalue weighted by Crippen LogP contribution is -2.14. The highest BCUT2D eigenvalue weighted by molar-refractivity contribution is 6.06. The van der Waals surface area contributed by atoms with E-state index in [1.807, 2.05) is 0 Å². The van der Waals surface area contributed by atoms with Crippen LogP contribution < -0.4 is 5.32 Å². The van der Waals surface area contributed by atoms with E-state index in [0.29, 0.717) is 16.8 Å². The molecule has 2 aromatic rings. The number of benzene rings is 2. The molecule has 0 aliphatic carbocycles. The van der Waals surface area contributed by atoms with Gasteiger partial charge in [0.05, 0.1) is 5.56 Å². The van der Waals surface area contributed by atoms with E-state index in [1.165, 1.54) is 18.2 Å². The van der Waals surface area contributed by atoms with Crippen molar-refractivity contribution in [3.05, 3.63) is 58.7 Å². The Bertz CT molecular complexity index is 722. The number of amides is 1. The summed E-state index contributed by atoms with van der Waals surface area (Å²) in [5.41, 5.74) is 2.11. The summed E-state index contributed by atoms with van der Waals surface area (Å²) < 4.78 is 0. The first-order valence-corrected chi connectivity index (χ1v) is 6.34. The summed E-state index contributed by atoms with van der Waals surface area (Å²) in [6.45, 7) is 3.42. The average Bonchev–Trinajstić information content (AvgIpc) is 2.43. The van der Waals surface area contributed by atoms with Crippen molar-refractivity contribution < 1.29 is 19.8 Å². The molecule has 108 valence electrons. The number of nitrogens with one attached hydrogen (secondary N) is 1. The summed E-state index contributed by atoms with van der Waals surface area (Å²) in [4.78, 5) is 23.2. The Morgan fingerprint density at radius 1 is 1.10 bits per heavy atom. The van der Waals surface area contributed by atoms with Crippen LogP contribution in [-0.4, -0.2) is 22.1 Å². The third-order valence-electron chi connectivity index (χ3n) is 3.28. The summed E-state index contributed by atoms with van der Waals surface area (Å²) in [5.74, 6) is -1.41. The normalized spacial score (nSPS) is 10.2. The van der Waals surface area contributed by atoms with Gasteiger partial charge in [-0.15, -0.1) is 0 Å². The average molecular weight is 285 g/mol. The zero-order chi connectivity index (χ0) is 15.6. The van der Waals surface area contributed by atoms with Crippen molar-refractivity contribution in [3.8, 4) is 5.75 Å². The first-order chi connectivity index (χ1) is 9.90. The standard InChI is InChI=1S/C16H15NO4/c1-9-6-7-11(16(20)21)8-13(9)17-15(19)12-4-3-5-14(18)10(12)2/h3-8,18H,1-2H3,(H,17,19)(H,20,21). The van der Waals surface area contributed by atoms with E-state index in [1.54, 1.807) is 32.0 Å². The van der Waals surface area contributed by atoms with E-state index < -0.39 is 11.9 Å². The molecule has 3 N–H and O–H groups in total. The lowest BCUT2D eigenvalue weighted by Gasteiger charge is -2.11. The summed E-state index contributed by atoms with van der Waals surface area (Å²) >= 11 is 0. The molecule has 0 aliphatic heterocycles. The number of carboxylic acids is 1. The van der Waals surface area contributed by atoms with Gasteiger partial charge in [0, 0.05) is 16.8 Å². The molecule has 5 nitrogen and oxygen atoms in total. The molecule has 0 atom stereocenters. The number of phenolic OH excluding ortho intramolecular Hbond substituents is 1. The second-order valence-electron chi connectivity index (χ2n) is 4.74. The van der Waals surface area contributed by atoms with Gasteiger partial charge in [0.15, 0.2) is 0 Å². The number of hydrogen-bond donors (Lipinski definition) is 3. The molecule has 0 saturated heterocycles. The van der Waals surface area contributed by atoms with Crippen molar-refractivity contribution >= 4 is 17.6 Å². The minimum absolute atomic E-state index is 0.0404. The highest BCUT2D eigenvalue weighted by Gasteiger charge is 2.13. The topological polar surface area (TPSA) is 86.6 Å². The summed E-state index contributed by atoms with van der Waals surface area (Å²) in [6, 6.07) is 9.20. The number of hydrogen-bond acceptors (Lipinski definition) is 3. The minimum Gasteiger partial charge on any atom is -0.508 e. The molecule has 0 aromatic heterocycles. The van der Waals surface area contributed by atoms with E-state index in [9.17, 15) is 14.7 Å². The number of carbonyl (C=O) groups is 2. The Hall–Kier alpha value is -2.82. The molecule has 0 radical (unpaired) electrons. The Labute approximate surface area is 121 Å². The molecular formula is C16H15NO4. The summed E-state index contributed by atoms with van der Waals surface area (Å²) in [7, 11) is 0. The van der Waals surface area contributed by atoms with Gasteiger partial charge >= 0.3 is 5.97 Å². The molecule has 0 bridgehead atoms. The summed E-state index contributed by atoms with van der Waals surface area (Å²) in [6.07, 6.45) is 0. The van der Waals surface area contributed by atoms with E-state index in [4.69, 9.17) is 5.11 Å². The number of carboxylic acid groups (broad SMARTS) is 1. The molecule has 0 aliphatic rings. The molecule has 2 rings (SSSR count). The van der Waals surface area contributed by atoms with Gasteiger partial charge in [-0.25, -0.2) is 4.79 Å². The largest absolute Gasteiger partial charge is 0.508 e. The monoisotopic (exact) mass is 285 g/mol. The van der Waals surface area contributed by atoms with E-state index in [0.717, 1.165) is 5.56 Å². The van der Waals surface area contributed by atoms with Crippen LogP contribution >= 0.6 is 0 Å². The number of anilines is 1. The van der Waals surface area contributed by atoms with Gasteiger partial charge in [-0.3, -0.25) is 4.79 Å². The smallest absolute Gasteiger partial charge is 0.335 e. The van der Waals surface area contributed by atoms with Gasteiger partial charge in [0.2, 0.25) is 0 Å². The molecule has 0 unspecified atom stereocenters. The maximum Gasteiger partial charge on any atom is 0.335 e. The highest BCUT2D eigenvalue weighted by Crippen LogP contribution is 2.22. The van der Waals surface area contributed by atoms with Crippen LogP contribution in [0.2, 0.25) is 0 Å². The van der Waals surface area contributed by atoms with Crippen molar-refractivity contribution in [3.63, 3.8) is 0 Å². The summed E-state index contributed by atoms with van der Waals surface area (Å²) in [5, 5.41) is 21.3. The molecule has 21 heavy (non-hydrogen) atoms. The van der Waals surface area contributed by atoms with Crippen molar-refractivity contribution in [2.45, 2.75) is 13.8 Å². The van der Waals surface area contributed by atoms with Crippen LogP contribution in [0.3, 0.4) is 0 Å². The van der Waals surface area contributed by atoms with Crippen LogP contribution in [0, 0.1) is 13.8 Å². The van der Waals surface area contributed by atoms with Crippen molar-refractivity contribution in [1.82, 2.24) is 0 Å². The molecular weight excluding hydrogens is 270 g/mol. The van der Waals surface area contributed by atoms with Gasteiger partial charge in [0.1, 0.15) is 5.75 Å². The number of aromatic carboxylic acids is 1. The fourth-order valence-corrected chi connectivity index (χ4v) is 1.95. The van der Waals surface area contributed by atoms with Crippen LogP contribution in [0.25, 0.3) is 0 Å². The molecule has 1 amide bonds. The Morgan fingerprint density at radius 2 is 1.81 bits per heavy atom. The van der Waals surface area contributed by atoms with Crippen LogP contribution in [0.4, 0.5) is 5.69 Å². The second-order valence-corrected chi connectivity index (χ2v) is 4.74. The quantitative estimate of drug-likeness (QED) is 0.809. The van der Waals surface area contributed by atoms with Crippen LogP contribution in [-0.2, 0) is 0 Å². The number of phenols is 1. The van der Waals surface area contributed by atoms with Crippen molar-refractivity contribution in [1.29, 1.82) is 0 Å². The number of carbonyl (C=O) groups excluding carboxylic acids is 1. The number of rotatable bonds is 3. The number of aryl methyl sites for hydroxylation is 1. The Morgan fingerprint density at radius 3 is 2.48 bits per heavy atom. The van der Waals surface area contributed by atoms with Crippen LogP contribution in [0.1, 0.15) is 31.8 Å². The van der Waals surface area contributed by atoms with Crippen LogP contribution in [0.15, 0.2) is 36.4 Å². The van der Waals surface area contributed by atoms with Gasteiger partial charge in [0.25, 0.3) is 5.91 Å². The maximum absolute atomic E-state index is 12.3. The number of aromatic hydroxyl groups is 1. The van der Waals surface area contributed by atoms with E-state index >= 15 is 0 Å². The highest BCUT2D eigenvalue weighted by atomic mass is 16.4. The predicted molar refractivity (Wildman–Crippen MR) is 78.9 cm³/mol. The fraction of sp³-hybridized carbons (Fsp3) is 0.125. The van der Waals surface area contributed by atoms with E-state index in [2.05, 4.69) is 5.32 Å². The van der Waals surface area contributed by atoms with Crippen LogP contribution in [0.5, 0.6) is 5.75 Å². The van der Waals surface area contributed by atoms with Gasteiger partial charge < -0.3 is 15.5 Å². The fourth-order valence-electron chi connectivity index (χ4n) is 1.95. The Balaban J connectivity index is 2.33. The zero-order valence-corrected chi connectivity index (χ0v) is 11.7. The Kier molecular flexibility index (Phi) is 3.93. The first kappa shape index (κ1) is 14.6. The SMILES string of the molecule is Cc1ccc(C(=O)O)cc1NC(=O)c1cccc(O)c1C. The van der Waals surface area contributed by atoms with E-state index in [-0.39, 0.29) is 11.3 Å². The van der Waals surface area contributed by atoms with Gasteiger partial charge in [-0.2, -0.15) is 0 Å². The molecule has 0 saturated carbocycles. The second kappa shape index (κ2) is 5.66. The molecule has 5 heteroatoms. The van der Waals surface area contributed by atoms with Crippen molar-refractivity contribution in [2.24, 2.45) is 0 Å². The minimum atomic E-state index is -1.06. The van der Waals surface area contributed by atoms with Gasteiger partial charge in [-0.1, -0.05) is 12.1 Å². The zero-order valence-electron chi connectivity index (χ0n) is 11.7. The van der Waals surface area contributed by atoms with Gasteiger partial charge in [-0.05, 0) is 43.7 Å². The lowest BCUT2D eigenvalue weighted by molar-refractivity contribution is 0.0696. The molecule has 0 spiro atoms. The first-order valence-electron chi connectivity index (χ1n) is 6.34. The lowest BCUT2D eigenvalue weighted by atomic mass is 10.1. The molecule has 0 fully saturated rings. The third-order valence-corrected chi connectivity index (χ3v) is 3.28. The third kappa shape index (κ3) is 3.02. The predicted octanol–water partition coefficient (Wildman–Crippen LogP) is 2.96. The molecule has 2 aromatic carbocycles. The maximum atomic E-state index is 12.3. The van der Waals surface area contributed by atoms with Crippen molar-refractivity contribution in [2.75, 3.05) is 5.32 Å². The molecule has 0 heterocycles.